The molecule has 2 saturated heterocycles. The van der Waals surface area contributed by atoms with Crippen molar-refractivity contribution in [1.29, 1.82) is 0 Å². The van der Waals surface area contributed by atoms with Crippen LogP contribution in [0.5, 0.6) is 0 Å². The number of nitrogens with zero attached hydrogens (tertiary/aromatic N) is 4. The molecular weight excluding hydrogens is 479 g/mol. The van der Waals surface area contributed by atoms with Crippen molar-refractivity contribution in [2.24, 2.45) is 0 Å². The van der Waals surface area contributed by atoms with Gasteiger partial charge in [-0.25, -0.2) is 9.78 Å². The van der Waals surface area contributed by atoms with Crippen LogP contribution in [0.2, 0.25) is 0 Å². The highest BCUT2D eigenvalue weighted by molar-refractivity contribution is 5.96. The lowest BCUT2D eigenvalue weighted by Crippen LogP contribution is -2.51. The molecule has 1 aromatic carbocycles. The van der Waals surface area contributed by atoms with Crippen molar-refractivity contribution in [3.8, 4) is 0 Å². The van der Waals surface area contributed by atoms with Gasteiger partial charge in [0.1, 0.15) is 5.82 Å². The van der Waals surface area contributed by atoms with Crippen LogP contribution in [0, 0.1) is 0 Å². The van der Waals surface area contributed by atoms with E-state index >= 15 is 0 Å². The third-order valence-electron chi connectivity index (χ3n) is 6.37. The van der Waals surface area contributed by atoms with Crippen LogP contribution in [0.25, 0.3) is 0 Å². The zero-order valence-corrected chi connectivity index (χ0v) is 19.6. The molecule has 2 aromatic rings. The van der Waals surface area contributed by atoms with Crippen LogP contribution in [-0.2, 0) is 9.59 Å². The summed E-state index contributed by atoms with van der Waals surface area (Å²) < 4.78 is 31.7. The molecule has 2 amide bonds. The molecule has 0 saturated carbocycles. The Hall–Kier alpha value is -3.70. The number of anilines is 1. The number of aliphatic carboxylic acids is 1. The fraction of sp³-hybridized carbons (Fsp3) is 0.458. The number of rotatable bonds is 4. The smallest absolute Gasteiger partial charge is 0.475 e. The summed E-state index contributed by atoms with van der Waals surface area (Å²) in [5, 5.41) is 9.91. The van der Waals surface area contributed by atoms with Crippen molar-refractivity contribution in [2.75, 3.05) is 31.1 Å². The van der Waals surface area contributed by atoms with Gasteiger partial charge in [0.2, 0.25) is 5.91 Å². The Morgan fingerprint density at radius 1 is 1.00 bits per heavy atom. The Bertz CT molecular complexity index is 1040. The zero-order chi connectivity index (χ0) is 26.2. The molecule has 0 aliphatic carbocycles. The Morgan fingerprint density at radius 2 is 1.67 bits per heavy atom. The number of amides is 2. The molecule has 12 heteroatoms. The van der Waals surface area contributed by atoms with Crippen molar-refractivity contribution >= 4 is 23.6 Å². The fourth-order valence-electron chi connectivity index (χ4n) is 4.65. The molecule has 1 unspecified atom stereocenters. The lowest BCUT2D eigenvalue weighted by Gasteiger charge is -2.38. The summed E-state index contributed by atoms with van der Waals surface area (Å²) in [6.07, 6.45) is 5.08. The van der Waals surface area contributed by atoms with Crippen LogP contribution in [0.1, 0.15) is 42.5 Å². The molecule has 36 heavy (non-hydrogen) atoms. The number of aromatic nitrogens is 2. The van der Waals surface area contributed by atoms with E-state index in [1.807, 2.05) is 23.1 Å². The molecule has 1 spiro atoms. The van der Waals surface area contributed by atoms with Crippen LogP contribution in [-0.4, -0.2) is 75.7 Å². The van der Waals surface area contributed by atoms with Gasteiger partial charge in [0.05, 0.1) is 12.7 Å². The highest BCUT2D eigenvalue weighted by atomic mass is 19.4. The largest absolute Gasteiger partial charge is 0.490 e. The molecule has 2 aliphatic rings. The highest BCUT2D eigenvalue weighted by Crippen LogP contribution is 2.39. The van der Waals surface area contributed by atoms with Crippen molar-refractivity contribution in [1.82, 2.24) is 20.2 Å². The number of alkyl halides is 3. The monoisotopic (exact) mass is 507 g/mol. The van der Waals surface area contributed by atoms with Crippen molar-refractivity contribution in [2.45, 2.75) is 43.8 Å². The lowest BCUT2D eigenvalue weighted by atomic mass is 9.87. The lowest BCUT2D eigenvalue weighted by molar-refractivity contribution is -0.192. The quantitative estimate of drug-likeness (QED) is 0.654. The Kier molecular flexibility index (Phi) is 8.83. The molecule has 2 fully saturated rings. The van der Waals surface area contributed by atoms with Crippen molar-refractivity contribution < 1.29 is 32.7 Å². The second-order valence-corrected chi connectivity index (χ2v) is 8.63. The number of carboxylic acid groups (broad SMARTS) is 1. The third-order valence-corrected chi connectivity index (χ3v) is 6.37. The summed E-state index contributed by atoms with van der Waals surface area (Å²) >= 11 is 0. The fourth-order valence-corrected chi connectivity index (χ4v) is 4.65. The van der Waals surface area contributed by atoms with E-state index in [4.69, 9.17) is 9.90 Å². The average molecular weight is 508 g/mol. The van der Waals surface area contributed by atoms with Gasteiger partial charge in [0, 0.05) is 43.1 Å². The minimum Gasteiger partial charge on any atom is -0.475 e. The van der Waals surface area contributed by atoms with Gasteiger partial charge in [-0.05, 0) is 44.2 Å². The van der Waals surface area contributed by atoms with Crippen LogP contribution < -0.4 is 10.2 Å². The van der Waals surface area contributed by atoms with Gasteiger partial charge in [-0.1, -0.05) is 18.2 Å². The third kappa shape index (κ3) is 6.92. The average Bonchev–Trinajstić information content (AvgIpc) is 3.16. The molecule has 0 bridgehead atoms. The molecule has 3 heterocycles. The van der Waals surface area contributed by atoms with Gasteiger partial charge in [-0.3, -0.25) is 14.6 Å². The number of carboxylic acids is 1. The van der Waals surface area contributed by atoms with E-state index in [0.29, 0.717) is 5.56 Å². The summed E-state index contributed by atoms with van der Waals surface area (Å²) in [6, 6.07) is 9.01. The number of carbonyl (C=O) groups excluding carboxylic acids is 2. The van der Waals surface area contributed by atoms with E-state index in [1.54, 1.807) is 30.7 Å². The molecular formula is C24H28F3N5O4. The second kappa shape index (κ2) is 11.8. The molecule has 4 rings (SSSR count). The summed E-state index contributed by atoms with van der Waals surface area (Å²) in [5.41, 5.74) is 0.469. The van der Waals surface area contributed by atoms with Gasteiger partial charge < -0.3 is 20.2 Å². The zero-order valence-electron chi connectivity index (χ0n) is 19.6. The van der Waals surface area contributed by atoms with Gasteiger partial charge in [0.25, 0.3) is 5.91 Å². The number of likely N-dealkylation sites (tertiary alicyclic amines) is 1. The second-order valence-electron chi connectivity index (χ2n) is 8.63. The molecule has 1 atom stereocenters. The maximum atomic E-state index is 13.0. The van der Waals surface area contributed by atoms with E-state index in [2.05, 4.69) is 20.2 Å². The van der Waals surface area contributed by atoms with E-state index in [9.17, 15) is 22.8 Å². The minimum atomic E-state index is -5.08. The number of halogens is 3. The molecule has 2 N–H and O–H groups in total. The number of hydrogen-bond donors (Lipinski definition) is 2. The van der Waals surface area contributed by atoms with Gasteiger partial charge in [-0.2, -0.15) is 13.2 Å². The summed E-state index contributed by atoms with van der Waals surface area (Å²) in [6.45, 7) is 2.60. The van der Waals surface area contributed by atoms with E-state index in [1.165, 1.54) is 0 Å². The van der Waals surface area contributed by atoms with Crippen LogP contribution in [0.3, 0.4) is 0 Å². The minimum absolute atomic E-state index is 0.0136. The topological polar surface area (TPSA) is 116 Å². The number of benzene rings is 1. The Balaban J connectivity index is 0.000000454. The predicted octanol–water partition coefficient (Wildman–Crippen LogP) is 2.89. The summed E-state index contributed by atoms with van der Waals surface area (Å²) in [4.78, 5) is 47.1. The van der Waals surface area contributed by atoms with Gasteiger partial charge >= 0.3 is 12.1 Å². The summed E-state index contributed by atoms with van der Waals surface area (Å²) in [5.74, 6) is -2.05. The van der Waals surface area contributed by atoms with Crippen molar-refractivity contribution in [3.05, 3.63) is 54.5 Å². The maximum Gasteiger partial charge on any atom is 0.490 e. The molecule has 1 aromatic heterocycles. The van der Waals surface area contributed by atoms with Gasteiger partial charge in [0.15, 0.2) is 0 Å². The van der Waals surface area contributed by atoms with Crippen LogP contribution >= 0.6 is 0 Å². The SMILES string of the molecule is O=C(NCC(=O)N1CCCC12CCCN(c1cnccn1)CC2)c1ccccc1.O=C(O)C(F)(F)F. The molecule has 0 radical (unpaired) electrons. The molecule has 194 valence electrons. The first-order chi connectivity index (χ1) is 17.1. The molecule has 9 nitrogen and oxygen atoms in total. The standard InChI is InChI=1S/C22H27N5O2.C2HF3O2/c28-20(17-25-21(29)18-6-2-1-3-7-18)27-14-5-9-22(27)8-4-13-26(15-10-22)19-16-23-11-12-24-19;3-2(4,5)1(6)7/h1-3,6-7,11-12,16H,4-5,8-10,13-15,17H2,(H,25,29);(H,6,7). The normalized spacial score (nSPS) is 19.8. The first-order valence-corrected chi connectivity index (χ1v) is 11.6. The number of nitrogens with one attached hydrogen (secondary N) is 1. The predicted molar refractivity (Wildman–Crippen MR) is 124 cm³/mol. The number of hydrogen-bond acceptors (Lipinski definition) is 6. The van der Waals surface area contributed by atoms with Crippen LogP contribution in [0.15, 0.2) is 48.9 Å². The Morgan fingerprint density at radius 3 is 2.28 bits per heavy atom. The summed E-state index contributed by atoms with van der Waals surface area (Å²) in [7, 11) is 0. The maximum absolute atomic E-state index is 13.0. The van der Waals surface area contributed by atoms with Crippen LogP contribution in [0.4, 0.5) is 19.0 Å². The van der Waals surface area contributed by atoms with E-state index in [-0.39, 0.29) is 23.9 Å². The highest BCUT2D eigenvalue weighted by Gasteiger charge is 2.44. The first-order valence-electron chi connectivity index (χ1n) is 11.6. The first kappa shape index (κ1) is 26.9. The van der Waals surface area contributed by atoms with E-state index in [0.717, 1.165) is 57.6 Å². The molecule has 2 aliphatic heterocycles. The van der Waals surface area contributed by atoms with E-state index < -0.39 is 12.1 Å². The van der Waals surface area contributed by atoms with Crippen molar-refractivity contribution in [3.63, 3.8) is 0 Å². The number of carbonyl (C=O) groups is 3. The van der Waals surface area contributed by atoms with Gasteiger partial charge in [-0.15, -0.1) is 0 Å². The Labute approximate surface area is 206 Å².